The van der Waals surface area contributed by atoms with Crippen LogP contribution in [0.2, 0.25) is 0 Å². The number of rotatable bonds is 4. The molecule has 2 aliphatic rings. The predicted molar refractivity (Wildman–Crippen MR) is 94.5 cm³/mol. The van der Waals surface area contributed by atoms with Crippen LogP contribution in [0.1, 0.15) is 37.7 Å². The Balaban J connectivity index is 1.95. The minimum Gasteiger partial charge on any atom is -0.393 e. The summed E-state index contributed by atoms with van der Waals surface area (Å²) in [4.78, 5) is 1.09. The summed E-state index contributed by atoms with van der Waals surface area (Å²) in [7, 11) is -2.63. The van der Waals surface area contributed by atoms with Crippen molar-refractivity contribution in [3.05, 3.63) is 23.8 Å². The summed E-state index contributed by atoms with van der Waals surface area (Å²) in [5.41, 5.74) is -0.790. The van der Waals surface area contributed by atoms with Crippen LogP contribution in [-0.2, 0) is 20.8 Å². The zero-order valence-electron chi connectivity index (χ0n) is 15.1. The van der Waals surface area contributed by atoms with Crippen molar-refractivity contribution in [1.82, 2.24) is 0 Å². The zero-order chi connectivity index (χ0) is 19.8. The SMILES string of the molecule is CO[C@H]1CC[C@H](S(=O)(=O)c2ccc(N3CCC(O)CC3)cc2C(F)(F)F)C1. The van der Waals surface area contributed by atoms with Crippen molar-refractivity contribution in [3.63, 3.8) is 0 Å². The largest absolute Gasteiger partial charge is 0.417 e. The molecule has 5 nitrogen and oxygen atoms in total. The van der Waals surface area contributed by atoms with Crippen molar-refractivity contribution < 1.29 is 31.4 Å². The van der Waals surface area contributed by atoms with Crippen LogP contribution in [0, 0.1) is 0 Å². The molecule has 1 aliphatic carbocycles. The second kappa shape index (κ2) is 7.60. The standard InChI is InChI=1S/C18H24F3NO4S/c1-26-14-3-4-15(11-14)27(24,25)17-5-2-12(10-16(17)18(19,20)21)22-8-6-13(23)7-9-22/h2,5,10,13-15,23H,3-4,6-9,11H2,1H3/t14-,15-/m0/s1. The van der Waals surface area contributed by atoms with E-state index in [4.69, 9.17) is 4.74 Å². The molecule has 0 amide bonds. The molecule has 0 radical (unpaired) electrons. The Labute approximate surface area is 157 Å². The molecule has 1 saturated carbocycles. The van der Waals surface area contributed by atoms with Gasteiger partial charge in [-0.2, -0.15) is 13.2 Å². The van der Waals surface area contributed by atoms with E-state index < -0.39 is 37.8 Å². The van der Waals surface area contributed by atoms with Crippen LogP contribution in [0.4, 0.5) is 18.9 Å². The van der Waals surface area contributed by atoms with Gasteiger partial charge in [0.15, 0.2) is 9.84 Å². The van der Waals surface area contributed by atoms with E-state index in [9.17, 15) is 26.7 Å². The van der Waals surface area contributed by atoms with Crippen molar-refractivity contribution in [3.8, 4) is 0 Å². The van der Waals surface area contributed by atoms with Crippen LogP contribution in [0.5, 0.6) is 0 Å². The molecule has 1 N–H and O–H groups in total. The van der Waals surface area contributed by atoms with Crippen LogP contribution in [0.25, 0.3) is 0 Å². The number of piperidine rings is 1. The fourth-order valence-electron chi connectivity index (χ4n) is 3.88. The average molecular weight is 407 g/mol. The Morgan fingerprint density at radius 2 is 1.81 bits per heavy atom. The first-order valence-electron chi connectivity index (χ1n) is 9.04. The van der Waals surface area contributed by atoms with Gasteiger partial charge < -0.3 is 14.7 Å². The number of sulfone groups is 1. The minimum atomic E-state index is -4.77. The van der Waals surface area contributed by atoms with Crippen molar-refractivity contribution in [2.24, 2.45) is 0 Å². The average Bonchev–Trinajstić information content (AvgIpc) is 3.11. The third-order valence-electron chi connectivity index (χ3n) is 5.51. The van der Waals surface area contributed by atoms with Crippen molar-refractivity contribution in [2.75, 3.05) is 25.1 Å². The molecular formula is C18H24F3NO4S. The number of benzene rings is 1. The summed E-state index contributed by atoms with van der Waals surface area (Å²) in [6, 6.07) is 3.44. The lowest BCUT2D eigenvalue weighted by Crippen LogP contribution is -2.36. The number of methoxy groups -OCH3 is 1. The summed E-state index contributed by atoms with van der Waals surface area (Å²) in [5.74, 6) is 0. The smallest absolute Gasteiger partial charge is 0.393 e. The molecule has 152 valence electrons. The molecule has 27 heavy (non-hydrogen) atoms. The van der Waals surface area contributed by atoms with Crippen molar-refractivity contribution in [2.45, 2.75) is 60.6 Å². The summed E-state index contributed by atoms with van der Waals surface area (Å²) in [6.45, 7) is 0.866. The van der Waals surface area contributed by atoms with E-state index in [-0.39, 0.29) is 12.5 Å². The highest BCUT2D eigenvalue weighted by Crippen LogP contribution is 2.40. The molecule has 9 heteroatoms. The number of hydrogen-bond donors (Lipinski definition) is 1. The molecule has 2 fully saturated rings. The zero-order valence-corrected chi connectivity index (χ0v) is 15.9. The highest BCUT2D eigenvalue weighted by atomic mass is 32.2. The molecule has 0 unspecified atom stereocenters. The molecule has 0 bridgehead atoms. The topological polar surface area (TPSA) is 66.8 Å². The molecule has 1 aromatic carbocycles. The lowest BCUT2D eigenvalue weighted by atomic mass is 10.1. The van der Waals surface area contributed by atoms with Crippen LogP contribution < -0.4 is 4.90 Å². The highest BCUT2D eigenvalue weighted by molar-refractivity contribution is 7.92. The van der Waals surface area contributed by atoms with Crippen LogP contribution in [-0.4, -0.2) is 51.2 Å². The molecule has 1 saturated heterocycles. The second-order valence-electron chi connectivity index (χ2n) is 7.23. The van der Waals surface area contributed by atoms with E-state index in [1.165, 1.54) is 13.2 Å². The van der Waals surface area contributed by atoms with E-state index in [1.54, 1.807) is 4.90 Å². The quantitative estimate of drug-likeness (QED) is 0.831. The van der Waals surface area contributed by atoms with E-state index in [2.05, 4.69) is 0 Å². The van der Waals surface area contributed by atoms with E-state index in [1.807, 2.05) is 0 Å². The molecule has 1 aliphatic heterocycles. The summed E-state index contributed by atoms with van der Waals surface area (Å²) < 4.78 is 72.0. The fourth-order valence-corrected chi connectivity index (χ4v) is 5.90. The summed E-state index contributed by atoms with van der Waals surface area (Å²) >= 11 is 0. The van der Waals surface area contributed by atoms with Gasteiger partial charge in [-0.3, -0.25) is 0 Å². The number of halogens is 3. The van der Waals surface area contributed by atoms with Gasteiger partial charge in [0.2, 0.25) is 0 Å². The fraction of sp³-hybridized carbons (Fsp3) is 0.667. The van der Waals surface area contributed by atoms with Crippen LogP contribution >= 0.6 is 0 Å². The second-order valence-corrected chi connectivity index (χ2v) is 9.43. The van der Waals surface area contributed by atoms with E-state index in [0.29, 0.717) is 44.5 Å². The van der Waals surface area contributed by atoms with Crippen LogP contribution in [0.3, 0.4) is 0 Å². The Bertz CT molecular complexity index is 773. The van der Waals surface area contributed by atoms with E-state index in [0.717, 1.165) is 12.1 Å². The molecule has 3 rings (SSSR count). The summed E-state index contributed by atoms with van der Waals surface area (Å²) in [6.07, 6.45) is -3.48. The number of aliphatic hydroxyl groups excluding tert-OH is 1. The first-order valence-corrected chi connectivity index (χ1v) is 10.6. The van der Waals surface area contributed by atoms with Crippen LogP contribution in [0.15, 0.2) is 23.1 Å². The third kappa shape index (κ3) is 4.25. The highest BCUT2D eigenvalue weighted by Gasteiger charge is 2.42. The predicted octanol–water partition coefficient (Wildman–Crippen LogP) is 3.01. The van der Waals surface area contributed by atoms with Gasteiger partial charge in [0.05, 0.1) is 27.9 Å². The maximum absolute atomic E-state index is 13.7. The number of alkyl halides is 3. The molecular weight excluding hydrogens is 383 g/mol. The number of anilines is 1. The maximum atomic E-state index is 13.7. The van der Waals surface area contributed by atoms with Gasteiger partial charge in [-0.25, -0.2) is 8.42 Å². The van der Waals surface area contributed by atoms with Gasteiger partial charge >= 0.3 is 6.18 Å². The molecule has 0 aromatic heterocycles. The summed E-state index contributed by atoms with van der Waals surface area (Å²) in [5, 5.41) is 8.71. The first-order chi connectivity index (χ1) is 12.6. The van der Waals surface area contributed by atoms with Gasteiger partial charge in [0, 0.05) is 25.9 Å². The van der Waals surface area contributed by atoms with E-state index >= 15 is 0 Å². The van der Waals surface area contributed by atoms with Gasteiger partial charge in [-0.1, -0.05) is 0 Å². The molecule has 1 aromatic rings. The normalized spacial score (nSPS) is 25.1. The Morgan fingerprint density at radius 1 is 1.15 bits per heavy atom. The molecule has 1 heterocycles. The lowest BCUT2D eigenvalue weighted by Gasteiger charge is -2.32. The number of ether oxygens (including phenoxy) is 1. The third-order valence-corrected chi connectivity index (χ3v) is 7.79. The van der Waals surface area contributed by atoms with Gasteiger partial charge in [-0.05, 0) is 50.3 Å². The number of aliphatic hydroxyl groups is 1. The minimum absolute atomic E-state index is 0.210. The number of hydrogen-bond acceptors (Lipinski definition) is 5. The Kier molecular flexibility index (Phi) is 5.74. The first kappa shape index (κ1) is 20.4. The van der Waals surface area contributed by atoms with Crippen molar-refractivity contribution >= 4 is 15.5 Å². The van der Waals surface area contributed by atoms with Crippen molar-refractivity contribution in [1.29, 1.82) is 0 Å². The lowest BCUT2D eigenvalue weighted by molar-refractivity contribution is -0.139. The Morgan fingerprint density at radius 3 is 2.37 bits per heavy atom. The maximum Gasteiger partial charge on any atom is 0.417 e. The number of nitrogens with zero attached hydrogens (tertiary/aromatic N) is 1. The van der Waals surface area contributed by atoms with Gasteiger partial charge in [-0.15, -0.1) is 0 Å². The van der Waals surface area contributed by atoms with Gasteiger partial charge in [0.1, 0.15) is 0 Å². The molecule has 2 atom stereocenters. The van der Waals surface area contributed by atoms with Gasteiger partial charge in [0.25, 0.3) is 0 Å². The Hall–Kier alpha value is -1.32. The monoisotopic (exact) mass is 407 g/mol. The molecule has 0 spiro atoms.